The van der Waals surface area contributed by atoms with Gasteiger partial charge in [0.25, 0.3) is 0 Å². The van der Waals surface area contributed by atoms with Crippen molar-refractivity contribution in [3.63, 3.8) is 0 Å². The van der Waals surface area contributed by atoms with E-state index in [9.17, 15) is 0 Å². The minimum atomic E-state index is 0.317. The van der Waals surface area contributed by atoms with E-state index in [1.165, 1.54) is 5.56 Å². The second kappa shape index (κ2) is 4.78. The minimum absolute atomic E-state index is 0.317. The molecule has 1 saturated carbocycles. The third kappa shape index (κ3) is 2.21. The Kier molecular flexibility index (Phi) is 3.74. The topological polar surface area (TPSA) is 21.3 Å². The van der Waals surface area contributed by atoms with Crippen LogP contribution in [0, 0.1) is 16.7 Å². The molecule has 0 aliphatic heterocycles. The molecule has 0 saturated heterocycles. The zero-order valence-corrected chi connectivity index (χ0v) is 14.3. The van der Waals surface area contributed by atoms with Crippen LogP contribution in [0.25, 0.3) is 0 Å². The molecule has 0 spiro atoms. The molecule has 1 aliphatic rings. The summed E-state index contributed by atoms with van der Waals surface area (Å²) in [6, 6.07) is 6.55. The van der Waals surface area contributed by atoms with Crippen LogP contribution in [0.2, 0.25) is 0 Å². The SMILES string of the molecule is CNC(c1cc(Br)ccc1OC)C1C(C)(C)C1(C)C. The van der Waals surface area contributed by atoms with Crippen LogP contribution in [0.1, 0.15) is 39.3 Å². The molecule has 0 radical (unpaired) electrons. The molecule has 1 aromatic carbocycles. The van der Waals surface area contributed by atoms with Crippen LogP contribution in [0.3, 0.4) is 0 Å². The third-order valence-electron chi connectivity index (χ3n) is 5.30. The molecule has 1 fully saturated rings. The van der Waals surface area contributed by atoms with Crippen LogP contribution in [0.4, 0.5) is 0 Å². The first-order chi connectivity index (χ1) is 8.77. The molecule has 19 heavy (non-hydrogen) atoms. The van der Waals surface area contributed by atoms with E-state index in [0.29, 0.717) is 22.8 Å². The summed E-state index contributed by atoms with van der Waals surface area (Å²) in [5.74, 6) is 1.56. The number of hydrogen-bond acceptors (Lipinski definition) is 2. The number of rotatable bonds is 4. The number of halogens is 1. The van der Waals surface area contributed by atoms with Gasteiger partial charge in [-0.1, -0.05) is 43.6 Å². The molecule has 1 N–H and O–H groups in total. The Bertz CT molecular complexity index is 468. The van der Waals surface area contributed by atoms with Gasteiger partial charge in [-0.05, 0) is 42.0 Å². The van der Waals surface area contributed by atoms with Gasteiger partial charge >= 0.3 is 0 Å². The first-order valence-electron chi connectivity index (χ1n) is 6.78. The Hall–Kier alpha value is -0.540. The Morgan fingerprint density at radius 1 is 1.21 bits per heavy atom. The van der Waals surface area contributed by atoms with Crippen molar-refractivity contribution in [1.82, 2.24) is 5.32 Å². The van der Waals surface area contributed by atoms with Crippen molar-refractivity contribution in [2.45, 2.75) is 33.7 Å². The molecule has 2 nitrogen and oxygen atoms in total. The molecule has 106 valence electrons. The molecular formula is C16H24BrNO. The summed E-state index contributed by atoms with van der Waals surface area (Å²) in [5, 5.41) is 3.49. The van der Waals surface area contributed by atoms with E-state index < -0.39 is 0 Å². The average Bonchev–Trinajstić information content (AvgIpc) is 2.73. The van der Waals surface area contributed by atoms with E-state index in [1.807, 2.05) is 19.2 Å². The lowest BCUT2D eigenvalue weighted by molar-refractivity contribution is 0.381. The summed E-state index contributed by atoms with van der Waals surface area (Å²) in [7, 11) is 3.78. The van der Waals surface area contributed by atoms with Crippen LogP contribution >= 0.6 is 15.9 Å². The maximum Gasteiger partial charge on any atom is 0.123 e. The van der Waals surface area contributed by atoms with Gasteiger partial charge in [0.1, 0.15) is 5.75 Å². The maximum absolute atomic E-state index is 5.54. The molecule has 0 bridgehead atoms. The fourth-order valence-electron chi connectivity index (χ4n) is 3.53. The molecule has 1 atom stereocenters. The van der Waals surface area contributed by atoms with Crippen LogP contribution in [0.5, 0.6) is 5.75 Å². The van der Waals surface area contributed by atoms with Gasteiger partial charge < -0.3 is 10.1 Å². The minimum Gasteiger partial charge on any atom is -0.496 e. The van der Waals surface area contributed by atoms with E-state index in [2.05, 4.69) is 55.0 Å². The van der Waals surface area contributed by atoms with Crippen molar-refractivity contribution in [3.05, 3.63) is 28.2 Å². The number of benzene rings is 1. The van der Waals surface area contributed by atoms with Crippen molar-refractivity contribution in [1.29, 1.82) is 0 Å². The predicted molar refractivity (Wildman–Crippen MR) is 83.5 cm³/mol. The molecule has 0 amide bonds. The highest BCUT2D eigenvalue weighted by Gasteiger charge is 2.67. The maximum atomic E-state index is 5.54. The average molecular weight is 326 g/mol. The van der Waals surface area contributed by atoms with Crippen LogP contribution < -0.4 is 10.1 Å². The van der Waals surface area contributed by atoms with Crippen molar-refractivity contribution in [2.24, 2.45) is 16.7 Å². The van der Waals surface area contributed by atoms with Crippen LogP contribution in [0.15, 0.2) is 22.7 Å². The van der Waals surface area contributed by atoms with Gasteiger partial charge in [-0.15, -0.1) is 0 Å². The molecule has 0 aromatic heterocycles. The first-order valence-corrected chi connectivity index (χ1v) is 7.57. The summed E-state index contributed by atoms with van der Waals surface area (Å²) < 4.78 is 6.63. The van der Waals surface area contributed by atoms with E-state index in [0.717, 1.165) is 10.2 Å². The Balaban J connectivity index is 2.42. The van der Waals surface area contributed by atoms with Gasteiger partial charge in [0.05, 0.1) is 7.11 Å². The fraction of sp³-hybridized carbons (Fsp3) is 0.625. The monoisotopic (exact) mass is 325 g/mol. The first kappa shape index (κ1) is 14.9. The van der Waals surface area contributed by atoms with Gasteiger partial charge in [-0.3, -0.25) is 0 Å². The van der Waals surface area contributed by atoms with Gasteiger partial charge in [0, 0.05) is 16.1 Å². The van der Waals surface area contributed by atoms with E-state index >= 15 is 0 Å². The van der Waals surface area contributed by atoms with Crippen molar-refractivity contribution < 1.29 is 4.74 Å². The van der Waals surface area contributed by atoms with E-state index in [4.69, 9.17) is 4.74 Å². The predicted octanol–water partition coefficient (Wildman–Crippen LogP) is 4.40. The number of nitrogens with one attached hydrogen (secondary N) is 1. The lowest BCUT2D eigenvalue weighted by atomic mass is 9.96. The molecule has 1 unspecified atom stereocenters. The standard InChI is InChI=1S/C16H24BrNO/c1-15(2)14(16(15,3)4)13(18-5)11-9-10(17)7-8-12(11)19-6/h7-9,13-14,18H,1-6H3. The molecule has 1 aliphatic carbocycles. The second-order valence-electron chi connectivity index (χ2n) is 6.57. The third-order valence-corrected chi connectivity index (χ3v) is 5.80. The van der Waals surface area contributed by atoms with Gasteiger partial charge in [0.15, 0.2) is 0 Å². The zero-order chi connectivity index (χ0) is 14.4. The molecular weight excluding hydrogens is 302 g/mol. The van der Waals surface area contributed by atoms with Gasteiger partial charge in [-0.25, -0.2) is 0 Å². The highest BCUT2D eigenvalue weighted by Crippen LogP contribution is 2.72. The number of hydrogen-bond donors (Lipinski definition) is 1. The quantitative estimate of drug-likeness (QED) is 0.885. The largest absolute Gasteiger partial charge is 0.496 e. The van der Waals surface area contributed by atoms with Crippen LogP contribution in [-0.2, 0) is 0 Å². The molecule has 2 rings (SSSR count). The van der Waals surface area contributed by atoms with Crippen molar-refractivity contribution >= 4 is 15.9 Å². The van der Waals surface area contributed by atoms with Gasteiger partial charge in [0.2, 0.25) is 0 Å². The smallest absolute Gasteiger partial charge is 0.123 e. The van der Waals surface area contributed by atoms with E-state index in [-0.39, 0.29) is 0 Å². The van der Waals surface area contributed by atoms with Crippen molar-refractivity contribution in [2.75, 3.05) is 14.2 Å². The lowest BCUT2D eigenvalue weighted by Crippen LogP contribution is -2.22. The molecule has 1 aromatic rings. The van der Waals surface area contributed by atoms with Crippen LogP contribution in [-0.4, -0.2) is 14.2 Å². The molecule has 0 heterocycles. The summed E-state index contributed by atoms with van der Waals surface area (Å²) in [4.78, 5) is 0. The highest BCUT2D eigenvalue weighted by atomic mass is 79.9. The van der Waals surface area contributed by atoms with Crippen molar-refractivity contribution in [3.8, 4) is 5.75 Å². The molecule has 3 heteroatoms. The van der Waals surface area contributed by atoms with E-state index in [1.54, 1.807) is 7.11 Å². The summed E-state index contributed by atoms with van der Waals surface area (Å²) in [6.07, 6.45) is 0. The fourth-order valence-corrected chi connectivity index (χ4v) is 3.91. The number of ether oxygens (including phenoxy) is 1. The highest BCUT2D eigenvalue weighted by molar-refractivity contribution is 9.10. The second-order valence-corrected chi connectivity index (χ2v) is 7.49. The Labute approximate surface area is 125 Å². The normalized spacial score (nSPS) is 22.1. The summed E-state index contributed by atoms with van der Waals surface area (Å²) in [5.41, 5.74) is 1.92. The summed E-state index contributed by atoms with van der Waals surface area (Å²) >= 11 is 3.57. The Morgan fingerprint density at radius 3 is 2.21 bits per heavy atom. The number of methoxy groups -OCH3 is 1. The summed E-state index contributed by atoms with van der Waals surface area (Å²) in [6.45, 7) is 9.41. The Morgan fingerprint density at radius 2 is 1.79 bits per heavy atom. The van der Waals surface area contributed by atoms with Gasteiger partial charge in [-0.2, -0.15) is 0 Å². The zero-order valence-electron chi connectivity index (χ0n) is 12.7. The lowest BCUT2D eigenvalue weighted by Gasteiger charge is -2.22.